The number of hydrogen-bond donors (Lipinski definition) is 1. The second-order valence-corrected chi connectivity index (χ2v) is 6.75. The van der Waals surface area contributed by atoms with E-state index < -0.39 is 0 Å². The van der Waals surface area contributed by atoms with E-state index in [-0.39, 0.29) is 0 Å². The maximum Gasteiger partial charge on any atom is 0.144 e. The van der Waals surface area contributed by atoms with Gasteiger partial charge in [0, 0.05) is 6.54 Å². The molecule has 1 aromatic rings. The second-order valence-electron chi connectivity index (χ2n) is 4.39. The molecule has 0 saturated carbocycles. The lowest BCUT2D eigenvalue weighted by atomic mass is 10.3. The summed E-state index contributed by atoms with van der Waals surface area (Å²) in [4.78, 5) is 9.21. The first-order valence-electron chi connectivity index (χ1n) is 6.49. The predicted octanol–water partition coefficient (Wildman–Crippen LogP) is 4.27. The van der Waals surface area contributed by atoms with Gasteiger partial charge < -0.3 is 5.32 Å². The Bertz CT molecular complexity index is 383. The average Bonchev–Trinajstić information content (AvgIpc) is 2.35. The molecule has 0 saturated heterocycles. The highest BCUT2D eigenvalue weighted by Gasteiger charge is 2.11. The highest BCUT2D eigenvalue weighted by Crippen LogP contribution is 2.26. The fourth-order valence-electron chi connectivity index (χ4n) is 1.45. The van der Waals surface area contributed by atoms with Gasteiger partial charge in [-0.2, -0.15) is 11.8 Å². The summed E-state index contributed by atoms with van der Waals surface area (Å²) in [7, 11) is 0. The normalized spacial score (nSPS) is 11.0. The Labute approximate surface area is 123 Å². The number of thioether (sulfide) groups is 1. The fourth-order valence-corrected chi connectivity index (χ4v) is 2.65. The van der Waals surface area contributed by atoms with Crippen molar-refractivity contribution in [3.05, 3.63) is 16.0 Å². The van der Waals surface area contributed by atoms with Crippen molar-refractivity contribution in [3.8, 4) is 0 Å². The van der Waals surface area contributed by atoms with Gasteiger partial charge in [-0.15, -0.1) is 0 Å². The van der Waals surface area contributed by atoms with Gasteiger partial charge in [0.2, 0.25) is 0 Å². The third kappa shape index (κ3) is 4.76. The van der Waals surface area contributed by atoms with Gasteiger partial charge in [-0.25, -0.2) is 9.97 Å². The third-order valence-electron chi connectivity index (χ3n) is 2.39. The van der Waals surface area contributed by atoms with E-state index >= 15 is 0 Å². The number of anilines is 1. The Morgan fingerprint density at radius 1 is 1.28 bits per heavy atom. The maximum atomic E-state index is 4.61. The molecule has 0 fully saturated rings. The summed E-state index contributed by atoms with van der Waals surface area (Å²) in [6, 6.07) is 0. The van der Waals surface area contributed by atoms with Gasteiger partial charge in [-0.05, 0) is 34.0 Å². The number of hydrogen-bond acceptors (Lipinski definition) is 4. The van der Waals surface area contributed by atoms with Crippen LogP contribution in [0, 0.1) is 0 Å². The lowest BCUT2D eigenvalue weighted by Crippen LogP contribution is -2.08. The van der Waals surface area contributed by atoms with E-state index in [9.17, 15) is 0 Å². The summed E-state index contributed by atoms with van der Waals surface area (Å²) in [6.45, 7) is 9.60. The quantitative estimate of drug-likeness (QED) is 0.809. The molecule has 0 bridgehead atoms. The van der Waals surface area contributed by atoms with E-state index in [4.69, 9.17) is 0 Å². The van der Waals surface area contributed by atoms with E-state index in [1.54, 1.807) is 0 Å². The summed E-state index contributed by atoms with van der Waals surface area (Å²) < 4.78 is 1.01. The molecule has 0 aliphatic carbocycles. The van der Waals surface area contributed by atoms with Crippen LogP contribution >= 0.6 is 27.7 Å². The summed E-state index contributed by atoms with van der Waals surface area (Å²) in [5.74, 6) is 2.73. The van der Waals surface area contributed by atoms with Crippen LogP contribution in [0.5, 0.6) is 0 Å². The Morgan fingerprint density at radius 3 is 2.56 bits per heavy atom. The molecule has 0 amide bonds. The van der Waals surface area contributed by atoms with Gasteiger partial charge >= 0.3 is 0 Å². The van der Waals surface area contributed by atoms with Crippen LogP contribution < -0.4 is 5.32 Å². The second kappa shape index (κ2) is 8.00. The molecule has 0 unspecified atom stereocenters. The van der Waals surface area contributed by atoms with Crippen molar-refractivity contribution in [2.24, 2.45) is 0 Å². The van der Waals surface area contributed by atoms with Crippen LogP contribution in [0.2, 0.25) is 0 Å². The minimum absolute atomic E-state index is 0.606. The molecule has 18 heavy (non-hydrogen) atoms. The highest BCUT2D eigenvalue weighted by atomic mass is 79.9. The standard InChI is InChI=1S/C13H22BrN3S/c1-5-7-15-13-12(14)10(6-2)16-11(17-13)8-18-9(3)4/h9H,5-8H2,1-4H3,(H,15,16,17). The Kier molecular flexibility index (Phi) is 7.00. The lowest BCUT2D eigenvalue weighted by molar-refractivity contribution is 0.905. The molecule has 1 heterocycles. The summed E-state index contributed by atoms with van der Waals surface area (Å²) >= 11 is 5.47. The van der Waals surface area contributed by atoms with Gasteiger partial charge in [0.15, 0.2) is 0 Å². The molecule has 102 valence electrons. The molecule has 1 aromatic heterocycles. The van der Waals surface area contributed by atoms with Crippen LogP contribution in [0.25, 0.3) is 0 Å². The van der Waals surface area contributed by atoms with E-state index in [0.29, 0.717) is 5.25 Å². The maximum absolute atomic E-state index is 4.61. The average molecular weight is 332 g/mol. The van der Waals surface area contributed by atoms with Crippen LogP contribution in [0.3, 0.4) is 0 Å². The van der Waals surface area contributed by atoms with Crippen molar-refractivity contribution in [1.29, 1.82) is 0 Å². The highest BCUT2D eigenvalue weighted by molar-refractivity contribution is 9.10. The first-order valence-corrected chi connectivity index (χ1v) is 8.33. The topological polar surface area (TPSA) is 37.8 Å². The molecule has 3 nitrogen and oxygen atoms in total. The van der Waals surface area contributed by atoms with Crippen molar-refractivity contribution in [1.82, 2.24) is 9.97 Å². The smallest absolute Gasteiger partial charge is 0.144 e. The third-order valence-corrected chi connectivity index (χ3v) is 4.31. The molecule has 0 aliphatic heterocycles. The van der Waals surface area contributed by atoms with Crippen molar-refractivity contribution in [3.63, 3.8) is 0 Å². The minimum atomic E-state index is 0.606. The van der Waals surface area contributed by atoms with Gasteiger partial charge in [-0.3, -0.25) is 0 Å². The summed E-state index contributed by atoms with van der Waals surface area (Å²) in [5.41, 5.74) is 1.09. The Balaban J connectivity index is 2.90. The SMILES string of the molecule is CCCNc1nc(CSC(C)C)nc(CC)c1Br. The Hall–Kier alpha value is -0.290. The molecular formula is C13H22BrN3S. The molecule has 0 aliphatic rings. The van der Waals surface area contributed by atoms with Crippen molar-refractivity contribution in [2.75, 3.05) is 11.9 Å². The Morgan fingerprint density at radius 2 is 2.00 bits per heavy atom. The summed E-state index contributed by atoms with van der Waals surface area (Å²) in [5, 5.41) is 3.96. The zero-order valence-corrected chi connectivity index (χ0v) is 14.0. The zero-order chi connectivity index (χ0) is 13.5. The van der Waals surface area contributed by atoms with Crippen molar-refractivity contribution >= 4 is 33.5 Å². The van der Waals surface area contributed by atoms with Gasteiger partial charge in [0.1, 0.15) is 11.6 Å². The van der Waals surface area contributed by atoms with E-state index in [1.807, 2.05) is 11.8 Å². The monoisotopic (exact) mass is 331 g/mol. The molecule has 0 radical (unpaired) electrons. The number of halogens is 1. The lowest BCUT2D eigenvalue weighted by Gasteiger charge is -2.12. The molecule has 0 atom stereocenters. The number of aryl methyl sites for hydroxylation is 1. The van der Waals surface area contributed by atoms with Crippen LogP contribution in [0.4, 0.5) is 5.82 Å². The number of rotatable bonds is 7. The first kappa shape index (κ1) is 15.8. The van der Waals surface area contributed by atoms with Crippen LogP contribution in [0.1, 0.15) is 45.6 Å². The number of nitrogens with one attached hydrogen (secondary N) is 1. The molecule has 5 heteroatoms. The van der Waals surface area contributed by atoms with E-state index in [1.165, 1.54) is 0 Å². The van der Waals surface area contributed by atoms with Gasteiger partial charge in [0.05, 0.1) is 15.9 Å². The minimum Gasteiger partial charge on any atom is -0.369 e. The molecule has 0 spiro atoms. The van der Waals surface area contributed by atoms with Crippen molar-refractivity contribution in [2.45, 2.75) is 51.5 Å². The number of nitrogens with zero attached hydrogens (tertiary/aromatic N) is 2. The van der Waals surface area contributed by atoms with Gasteiger partial charge in [0.25, 0.3) is 0 Å². The predicted molar refractivity (Wildman–Crippen MR) is 84.3 cm³/mol. The zero-order valence-electron chi connectivity index (χ0n) is 11.6. The largest absolute Gasteiger partial charge is 0.369 e. The van der Waals surface area contributed by atoms with Crippen LogP contribution in [0.15, 0.2) is 4.47 Å². The van der Waals surface area contributed by atoms with Crippen LogP contribution in [-0.4, -0.2) is 21.8 Å². The molecule has 1 rings (SSSR count). The molecule has 0 aromatic carbocycles. The fraction of sp³-hybridized carbons (Fsp3) is 0.692. The van der Waals surface area contributed by atoms with Gasteiger partial charge in [-0.1, -0.05) is 27.7 Å². The van der Waals surface area contributed by atoms with Crippen LogP contribution in [-0.2, 0) is 12.2 Å². The number of aromatic nitrogens is 2. The molecular weight excluding hydrogens is 310 g/mol. The van der Waals surface area contributed by atoms with Crippen molar-refractivity contribution < 1.29 is 0 Å². The van der Waals surface area contributed by atoms with E-state index in [2.05, 4.69) is 58.9 Å². The van der Waals surface area contributed by atoms with E-state index in [0.717, 1.165) is 46.9 Å². The molecule has 1 N–H and O–H groups in total. The summed E-state index contributed by atoms with van der Waals surface area (Å²) in [6.07, 6.45) is 2.01. The first-order chi connectivity index (χ1) is 8.58.